The van der Waals surface area contributed by atoms with Crippen LogP contribution in [0.2, 0.25) is 0 Å². The molecule has 1 aromatic rings. The maximum atomic E-state index is 13.6. The van der Waals surface area contributed by atoms with E-state index in [1.165, 1.54) is 47.4 Å². The Morgan fingerprint density at radius 1 is 0.976 bits per heavy atom. The molecule has 9 heteroatoms. The smallest absolute Gasteiger partial charge is 0.336 e. The summed E-state index contributed by atoms with van der Waals surface area (Å²) in [4.78, 5) is 62.9. The molecule has 0 radical (unpaired) electrons. The molecule has 2 aliphatic heterocycles. The molecule has 2 N–H and O–H groups in total. The van der Waals surface area contributed by atoms with E-state index in [9.17, 15) is 34.2 Å². The zero-order valence-corrected chi connectivity index (χ0v) is 23.1. The van der Waals surface area contributed by atoms with E-state index < -0.39 is 11.4 Å². The van der Waals surface area contributed by atoms with Gasteiger partial charge in [0, 0.05) is 53.8 Å². The van der Waals surface area contributed by atoms with Crippen molar-refractivity contribution < 1.29 is 33.8 Å². The van der Waals surface area contributed by atoms with Crippen LogP contribution in [0.3, 0.4) is 0 Å². The van der Waals surface area contributed by atoms with E-state index in [0.29, 0.717) is 34.9 Å². The molecule has 0 fully saturated rings. The van der Waals surface area contributed by atoms with Gasteiger partial charge in [-0.25, -0.2) is 4.79 Å². The highest BCUT2D eigenvalue weighted by Crippen LogP contribution is 2.42. The summed E-state index contributed by atoms with van der Waals surface area (Å²) in [6.45, 7) is 3.93. The largest absolute Gasteiger partial charge is 0.508 e. The summed E-state index contributed by atoms with van der Waals surface area (Å²) in [7, 11) is 0. The van der Waals surface area contributed by atoms with Crippen molar-refractivity contribution in [2.45, 2.75) is 33.1 Å². The second-order valence-electron chi connectivity index (χ2n) is 10.9. The molecule has 2 atom stereocenters. The van der Waals surface area contributed by atoms with Gasteiger partial charge in [-0.2, -0.15) is 0 Å². The Morgan fingerprint density at radius 3 is 2.40 bits per heavy atom. The number of phenols is 1. The molecule has 2 aliphatic carbocycles. The molecular formula is C33H29NO8. The van der Waals surface area contributed by atoms with Gasteiger partial charge in [0.2, 0.25) is 0 Å². The molecule has 9 nitrogen and oxygen atoms in total. The third-order valence-electron chi connectivity index (χ3n) is 7.77. The molecule has 214 valence electrons. The fourth-order valence-electron chi connectivity index (χ4n) is 5.38. The predicted molar refractivity (Wildman–Crippen MR) is 156 cm³/mol. The van der Waals surface area contributed by atoms with Crippen LogP contribution in [-0.4, -0.2) is 45.2 Å². The van der Waals surface area contributed by atoms with E-state index in [0.717, 1.165) is 0 Å². The van der Waals surface area contributed by atoms with Gasteiger partial charge in [0.15, 0.2) is 5.43 Å². The minimum absolute atomic E-state index is 0.0379. The number of carboxylic acid groups (broad SMARTS) is 1. The molecular weight excluding hydrogens is 538 g/mol. The van der Waals surface area contributed by atoms with Gasteiger partial charge in [0.25, 0.3) is 11.8 Å². The summed E-state index contributed by atoms with van der Waals surface area (Å²) in [6.07, 6.45) is 10.2. The highest BCUT2D eigenvalue weighted by Gasteiger charge is 2.32. The number of nitrogens with zero attached hydrogens (tertiary/aromatic N) is 1. The maximum Gasteiger partial charge on any atom is 0.336 e. The maximum absolute atomic E-state index is 13.6. The number of carboxylic acids is 1. The highest BCUT2D eigenvalue weighted by molar-refractivity contribution is 6.13. The molecule has 1 aromatic carbocycles. The molecule has 2 amide bonds. The van der Waals surface area contributed by atoms with E-state index in [4.69, 9.17) is 4.42 Å². The Bertz CT molecular complexity index is 1770. The highest BCUT2D eigenvalue weighted by atomic mass is 16.4. The van der Waals surface area contributed by atoms with Crippen molar-refractivity contribution in [1.82, 2.24) is 4.90 Å². The van der Waals surface area contributed by atoms with Crippen molar-refractivity contribution in [2.24, 2.45) is 11.3 Å². The number of ketones is 1. The van der Waals surface area contributed by atoms with Crippen LogP contribution in [0.4, 0.5) is 0 Å². The number of Topliss-reactive ketones (excluding diaryl/α,β-unsaturated/α-hetero) is 1. The lowest BCUT2D eigenvalue weighted by atomic mass is 9.80. The number of allylic oxidation sites excluding steroid dienone is 4. The SMILES string of the molecule is CC(CCCN1C(=O)C=CC1=O)CC(=O)C1(C)C=CC(C(=O)O)=C(c2c3ccc(=O)cc-3oc3cc(O)ccc23)C=C1. The number of hydrogen-bond acceptors (Lipinski definition) is 7. The van der Waals surface area contributed by atoms with Crippen LogP contribution in [-0.2, 0) is 19.2 Å². The van der Waals surface area contributed by atoms with E-state index in [1.54, 1.807) is 37.3 Å². The van der Waals surface area contributed by atoms with Gasteiger partial charge in [0.05, 0.1) is 11.0 Å². The first kappa shape index (κ1) is 28.5. The van der Waals surface area contributed by atoms with Gasteiger partial charge in [-0.15, -0.1) is 0 Å². The zero-order chi connectivity index (χ0) is 30.2. The Balaban J connectivity index is 1.45. The number of hydrogen-bond donors (Lipinski definition) is 2. The minimum Gasteiger partial charge on any atom is -0.508 e. The van der Waals surface area contributed by atoms with Crippen molar-refractivity contribution in [3.63, 3.8) is 0 Å². The predicted octanol–water partition coefficient (Wildman–Crippen LogP) is 4.87. The number of fused-ring (bicyclic) bond motifs is 2. The Labute approximate surface area is 241 Å². The Hall–Kier alpha value is -5.05. The quantitative estimate of drug-likeness (QED) is 0.275. The topological polar surface area (TPSA) is 142 Å². The third-order valence-corrected chi connectivity index (χ3v) is 7.77. The first-order chi connectivity index (χ1) is 20.0. The van der Waals surface area contributed by atoms with Gasteiger partial charge in [-0.3, -0.25) is 24.1 Å². The minimum atomic E-state index is -1.20. The van der Waals surface area contributed by atoms with Crippen LogP contribution in [0.5, 0.6) is 5.75 Å². The zero-order valence-electron chi connectivity index (χ0n) is 23.1. The number of carbonyl (C=O) groups excluding carboxylic acids is 3. The normalized spacial score (nSPS) is 19.2. The summed E-state index contributed by atoms with van der Waals surface area (Å²) in [5.41, 5.74) is 0.158. The van der Waals surface area contributed by atoms with Crippen LogP contribution in [0.15, 0.2) is 87.6 Å². The van der Waals surface area contributed by atoms with Gasteiger partial charge in [-0.1, -0.05) is 25.2 Å². The average molecular weight is 568 g/mol. The average Bonchev–Trinajstić information content (AvgIpc) is 3.13. The van der Waals surface area contributed by atoms with E-state index >= 15 is 0 Å². The van der Waals surface area contributed by atoms with Crippen molar-refractivity contribution in [1.29, 1.82) is 0 Å². The molecule has 0 saturated heterocycles. The van der Waals surface area contributed by atoms with E-state index in [1.807, 2.05) is 6.92 Å². The first-order valence-corrected chi connectivity index (χ1v) is 13.6. The van der Waals surface area contributed by atoms with Crippen LogP contribution >= 0.6 is 0 Å². The number of carbonyl (C=O) groups is 4. The van der Waals surface area contributed by atoms with Gasteiger partial charge in [0.1, 0.15) is 22.9 Å². The standard InChI is InChI=1S/C33H29NO8/c1-19(4-3-15-34-29(38)9-10-30(34)39)16-28(37)33(2)13-11-22(23(12-14-33)32(40)41)31-24-7-5-20(35)17-26(24)42-27-18-21(36)6-8-25(27)31/h5-14,17-19,35H,3-4,15-16H2,1-2H3,(H,40,41). The lowest BCUT2D eigenvalue weighted by Gasteiger charge is -2.23. The molecule has 0 aromatic heterocycles. The van der Waals surface area contributed by atoms with Gasteiger partial charge >= 0.3 is 5.97 Å². The Kier molecular flexibility index (Phi) is 7.51. The molecule has 2 unspecified atom stereocenters. The Morgan fingerprint density at radius 2 is 1.69 bits per heavy atom. The molecule has 5 rings (SSSR count). The summed E-state index contributed by atoms with van der Waals surface area (Å²) in [5.74, 6) is -1.83. The molecule has 0 bridgehead atoms. The number of rotatable bonds is 9. The van der Waals surface area contributed by atoms with Crippen molar-refractivity contribution in [3.05, 3.63) is 94.2 Å². The number of amides is 2. The van der Waals surface area contributed by atoms with Crippen molar-refractivity contribution in [2.75, 3.05) is 6.54 Å². The molecule has 4 aliphatic rings. The fourth-order valence-corrected chi connectivity index (χ4v) is 5.38. The van der Waals surface area contributed by atoms with Crippen LogP contribution in [0.25, 0.3) is 27.9 Å². The second-order valence-corrected chi connectivity index (χ2v) is 10.9. The summed E-state index contributed by atoms with van der Waals surface area (Å²) < 4.78 is 5.90. The molecule has 0 saturated carbocycles. The van der Waals surface area contributed by atoms with Crippen LogP contribution in [0, 0.1) is 11.3 Å². The molecule has 2 heterocycles. The third kappa shape index (κ3) is 5.45. The number of imide groups is 1. The first-order valence-electron chi connectivity index (χ1n) is 13.6. The number of phenolic OH excluding ortho intramolecular Hbond substituents is 1. The number of aliphatic carboxylic acids is 1. The number of benzene rings is 2. The van der Waals surface area contributed by atoms with Crippen LogP contribution < -0.4 is 5.43 Å². The van der Waals surface area contributed by atoms with Crippen molar-refractivity contribution >= 4 is 40.1 Å². The summed E-state index contributed by atoms with van der Waals surface area (Å²) in [5, 5.41) is 20.8. The molecule has 42 heavy (non-hydrogen) atoms. The van der Waals surface area contributed by atoms with Crippen LogP contribution in [0.1, 0.15) is 38.7 Å². The summed E-state index contributed by atoms with van der Waals surface area (Å²) >= 11 is 0. The van der Waals surface area contributed by atoms with Gasteiger partial charge < -0.3 is 14.6 Å². The lowest BCUT2D eigenvalue weighted by molar-refractivity contribution is -0.137. The lowest BCUT2D eigenvalue weighted by Crippen LogP contribution is -2.31. The van der Waals surface area contributed by atoms with Crippen molar-refractivity contribution in [3.8, 4) is 17.1 Å². The molecule has 0 spiro atoms. The monoisotopic (exact) mass is 567 g/mol. The summed E-state index contributed by atoms with van der Waals surface area (Å²) in [6, 6.07) is 8.73. The van der Waals surface area contributed by atoms with E-state index in [2.05, 4.69) is 0 Å². The van der Waals surface area contributed by atoms with E-state index in [-0.39, 0.29) is 64.6 Å². The second kappa shape index (κ2) is 11.1. The number of aromatic hydroxyl groups is 1. The fraction of sp³-hybridized carbons (Fsp3) is 0.242. The van der Waals surface area contributed by atoms with Gasteiger partial charge in [-0.05, 0) is 61.6 Å².